The van der Waals surface area contributed by atoms with Gasteiger partial charge in [-0.1, -0.05) is 237 Å². The predicted octanol–water partition coefficient (Wildman–Crippen LogP) is 15.3. The Morgan fingerprint density at radius 3 is 1.31 bits per heavy atom. The van der Waals surface area contributed by atoms with Crippen molar-refractivity contribution in [2.24, 2.45) is 0 Å². The highest BCUT2D eigenvalue weighted by Crippen LogP contribution is 2.43. The van der Waals surface area contributed by atoms with Crippen molar-refractivity contribution >= 4 is 13.7 Å². The van der Waals surface area contributed by atoms with Gasteiger partial charge in [0.1, 0.15) is 13.2 Å². The van der Waals surface area contributed by atoms with Gasteiger partial charge in [-0.3, -0.25) is 13.8 Å². The number of allylic oxidation sites excluding steroid dienone is 3. The Kier molecular flexibility index (Phi) is 43.5. The van der Waals surface area contributed by atoms with E-state index in [9.17, 15) is 19.4 Å². The summed E-state index contributed by atoms with van der Waals surface area (Å²) in [7, 11) is 1.56. The molecule has 0 rings (SSSR count). The van der Waals surface area contributed by atoms with E-state index in [2.05, 4.69) is 31.3 Å². The number of hydrogen-bond acceptors (Lipinski definition) is 5. The molecular formula is C52H104N2O6P+. The highest BCUT2D eigenvalue weighted by molar-refractivity contribution is 7.47. The number of aliphatic hydroxyl groups excluding tert-OH is 1. The van der Waals surface area contributed by atoms with Crippen molar-refractivity contribution in [3.05, 3.63) is 24.3 Å². The Morgan fingerprint density at radius 2 is 0.902 bits per heavy atom. The van der Waals surface area contributed by atoms with Gasteiger partial charge in [0.25, 0.3) is 0 Å². The molecule has 0 aliphatic rings. The first-order valence-electron chi connectivity index (χ1n) is 26.2. The van der Waals surface area contributed by atoms with E-state index >= 15 is 0 Å². The summed E-state index contributed by atoms with van der Waals surface area (Å²) >= 11 is 0. The molecule has 0 aromatic heterocycles. The maximum Gasteiger partial charge on any atom is 0.472 e. The summed E-state index contributed by atoms with van der Waals surface area (Å²) < 4.78 is 23.6. The molecule has 0 aliphatic heterocycles. The van der Waals surface area contributed by atoms with Crippen molar-refractivity contribution in [3.63, 3.8) is 0 Å². The van der Waals surface area contributed by atoms with Gasteiger partial charge in [0, 0.05) is 6.42 Å². The number of amides is 1. The van der Waals surface area contributed by atoms with Crippen LogP contribution in [0.15, 0.2) is 24.3 Å². The standard InChI is InChI=1S/C52H103N2O6P/c1-6-8-10-12-14-16-18-20-22-23-24-25-26-27-28-29-30-32-34-36-38-40-42-44-46-52(56)53-50(49-60-61(57,58)59-48-47-54(3,4)5)51(55)45-43-41-39-37-35-33-31-21-19-17-15-13-11-9-7-2/h35,37,43,45,50-51,55H,6-34,36,38-42,44,46-49H2,1-5H3,(H-,53,56,57,58)/p+1/b37-35+,45-43+. The minimum atomic E-state index is -4.35. The Morgan fingerprint density at radius 1 is 0.541 bits per heavy atom. The number of hydrogen-bond donors (Lipinski definition) is 3. The van der Waals surface area contributed by atoms with Crippen LogP contribution in [0.3, 0.4) is 0 Å². The first kappa shape index (κ1) is 60.0. The van der Waals surface area contributed by atoms with Crippen LogP contribution in [0.4, 0.5) is 0 Å². The monoisotopic (exact) mass is 884 g/mol. The summed E-state index contributed by atoms with van der Waals surface area (Å²) in [5, 5.41) is 13.9. The molecule has 0 heterocycles. The topological polar surface area (TPSA) is 105 Å². The normalized spacial score (nSPS) is 14.3. The van der Waals surface area contributed by atoms with Gasteiger partial charge in [0.15, 0.2) is 0 Å². The average Bonchev–Trinajstić information content (AvgIpc) is 3.21. The molecule has 3 N–H and O–H groups in total. The number of nitrogens with zero attached hydrogens (tertiary/aromatic N) is 1. The Bertz CT molecular complexity index is 1050. The molecule has 0 saturated heterocycles. The molecule has 0 radical (unpaired) electrons. The number of aliphatic hydroxyl groups is 1. The molecule has 0 spiro atoms. The van der Waals surface area contributed by atoms with E-state index < -0.39 is 20.0 Å². The molecule has 0 fully saturated rings. The summed E-state index contributed by atoms with van der Waals surface area (Å²) in [6.45, 7) is 4.82. The fraction of sp³-hybridized carbons (Fsp3) is 0.904. The van der Waals surface area contributed by atoms with Crippen molar-refractivity contribution < 1.29 is 32.9 Å². The molecule has 362 valence electrons. The average molecular weight is 884 g/mol. The van der Waals surface area contributed by atoms with Gasteiger partial charge in [-0.25, -0.2) is 4.57 Å². The van der Waals surface area contributed by atoms with Crippen LogP contribution in [-0.4, -0.2) is 73.4 Å². The Balaban J connectivity index is 4.23. The second kappa shape index (κ2) is 44.2. The first-order valence-corrected chi connectivity index (χ1v) is 27.7. The fourth-order valence-corrected chi connectivity index (χ4v) is 8.50. The molecule has 8 nitrogen and oxygen atoms in total. The lowest BCUT2D eigenvalue weighted by molar-refractivity contribution is -0.870. The molecular weight excluding hydrogens is 780 g/mol. The maximum atomic E-state index is 12.9. The SMILES string of the molecule is CCCCCCCCCCC/C=C/CC/C=C/C(O)C(COP(=O)(O)OCC[N+](C)(C)C)NC(=O)CCCCCCCCCCCCCCCCCCCCCCCCCC. The molecule has 0 aliphatic carbocycles. The highest BCUT2D eigenvalue weighted by atomic mass is 31.2. The number of quaternary nitrogens is 1. The number of phosphoric ester groups is 1. The molecule has 0 bridgehead atoms. The molecule has 61 heavy (non-hydrogen) atoms. The van der Waals surface area contributed by atoms with E-state index in [1.54, 1.807) is 6.08 Å². The molecule has 3 unspecified atom stereocenters. The van der Waals surface area contributed by atoms with Gasteiger partial charge >= 0.3 is 7.82 Å². The van der Waals surface area contributed by atoms with E-state index in [1.165, 1.54) is 193 Å². The van der Waals surface area contributed by atoms with Gasteiger partial charge in [-0.15, -0.1) is 0 Å². The van der Waals surface area contributed by atoms with Crippen molar-refractivity contribution in [1.82, 2.24) is 5.32 Å². The first-order chi connectivity index (χ1) is 29.5. The predicted molar refractivity (Wildman–Crippen MR) is 263 cm³/mol. The molecule has 0 aromatic carbocycles. The fourth-order valence-electron chi connectivity index (χ4n) is 7.77. The van der Waals surface area contributed by atoms with Gasteiger partial charge in [-0.2, -0.15) is 0 Å². The number of unbranched alkanes of at least 4 members (excludes halogenated alkanes) is 33. The van der Waals surface area contributed by atoms with E-state index in [-0.39, 0.29) is 19.1 Å². The smallest absolute Gasteiger partial charge is 0.387 e. The maximum absolute atomic E-state index is 12.9. The van der Waals surface area contributed by atoms with Crippen LogP contribution in [0, 0.1) is 0 Å². The number of carbonyl (C=O) groups is 1. The van der Waals surface area contributed by atoms with Gasteiger partial charge < -0.3 is 19.8 Å². The van der Waals surface area contributed by atoms with Crippen LogP contribution < -0.4 is 5.32 Å². The largest absolute Gasteiger partial charge is 0.472 e. The molecule has 0 saturated carbocycles. The zero-order valence-corrected chi connectivity index (χ0v) is 42.1. The minimum absolute atomic E-state index is 0.0585. The van der Waals surface area contributed by atoms with Gasteiger partial charge in [0.05, 0.1) is 39.9 Å². The van der Waals surface area contributed by atoms with Gasteiger partial charge in [-0.05, 0) is 32.1 Å². The summed E-state index contributed by atoms with van der Waals surface area (Å²) in [5.41, 5.74) is 0. The van der Waals surface area contributed by atoms with Crippen LogP contribution in [0.2, 0.25) is 0 Å². The Hall–Kier alpha value is -1.02. The zero-order valence-electron chi connectivity index (χ0n) is 41.2. The second-order valence-corrected chi connectivity index (χ2v) is 20.7. The third-order valence-corrected chi connectivity index (χ3v) is 12.9. The summed E-state index contributed by atoms with van der Waals surface area (Å²) in [6, 6.07) is -0.859. The van der Waals surface area contributed by atoms with Crippen molar-refractivity contribution in [1.29, 1.82) is 0 Å². The lowest BCUT2D eigenvalue weighted by Gasteiger charge is -2.25. The van der Waals surface area contributed by atoms with Crippen LogP contribution in [-0.2, 0) is 18.4 Å². The van der Waals surface area contributed by atoms with Crippen LogP contribution in [0.1, 0.15) is 251 Å². The number of nitrogens with one attached hydrogen (secondary N) is 1. The third kappa shape index (κ3) is 46.8. The lowest BCUT2D eigenvalue weighted by Crippen LogP contribution is -2.45. The zero-order chi connectivity index (χ0) is 45.0. The van der Waals surface area contributed by atoms with Gasteiger partial charge in [0.2, 0.25) is 5.91 Å². The van der Waals surface area contributed by atoms with E-state index in [0.29, 0.717) is 17.4 Å². The summed E-state index contributed by atoms with van der Waals surface area (Å²) in [4.78, 5) is 23.2. The van der Waals surface area contributed by atoms with Crippen molar-refractivity contribution in [2.45, 2.75) is 264 Å². The van der Waals surface area contributed by atoms with Crippen LogP contribution >= 0.6 is 7.82 Å². The van der Waals surface area contributed by atoms with Crippen LogP contribution in [0.5, 0.6) is 0 Å². The van der Waals surface area contributed by atoms with Crippen molar-refractivity contribution in [2.75, 3.05) is 40.9 Å². The third-order valence-electron chi connectivity index (χ3n) is 11.9. The number of phosphoric acid groups is 1. The number of rotatable bonds is 48. The molecule has 3 atom stereocenters. The second-order valence-electron chi connectivity index (χ2n) is 19.3. The Labute approximate surface area is 379 Å². The summed E-state index contributed by atoms with van der Waals surface area (Å²) in [6.07, 6.45) is 54.1. The van der Waals surface area contributed by atoms with E-state index in [4.69, 9.17) is 9.05 Å². The lowest BCUT2D eigenvalue weighted by atomic mass is 10.0. The molecule has 9 heteroatoms. The minimum Gasteiger partial charge on any atom is -0.387 e. The number of carbonyl (C=O) groups excluding carboxylic acids is 1. The van der Waals surface area contributed by atoms with E-state index in [0.717, 1.165) is 38.5 Å². The molecule has 0 aromatic rings. The van der Waals surface area contributed by atoms with Crippen LogP contribution in [0.25, 0.3) is 0 Å². The number of likely N-dealkylation sites (N-methyl/N-ethyl adjacent to an activating group) is 1. The van der Waals surface area contributed by atoms with Crippen molar-refractivity contribution in [3.8, 4) is 0 Å². The quantitative estimate of drug-likeness (QED) is 0.0243. The highest BCUT2D eigenvalue weighted by Gasteiger charge is 2.27. The van der Waals surface area contributed by atoms with E-state index in [1.807, 2.05) is 27.2 Å². The summed E-state index contributed by atoms with van der Waals surface area (Å²) in [5.74, 6) is -0.182. The molecule has 1 amide bonds.